The summed E-state index contributed by atoms with van der Waals surface area (Å²) in [7, 11) is 1.64. The molecule has 3 amide bonds. The first-order chi connectivity index (χ1) is 13.5. The lowest BCUT2D eigenvalue weighted by Gasteiger charge is -2.28. The number of aryl methyl sites for hydroxylation is 1. The van der Waals surface area contributed by atoms with Crippen molar-refractivity contribution in [3.05, 3.63) is 29.8 Å². The number of rotatable bonds is 4. The molecular formula is C21H28N4O3. The number of carbonyl (C=O) groups excluding carboxylic acids is 2. The average molecular weight is 384 g/mol. The molecule has 2 fully saturated rings. The molecule has 4 rings (SSSR count). The van der Waals surface area contributed by atoms with Crippen LogP contribution in [0.25, 0.3) is 0 Å². The minimum atomic E-state index is -0.694. The maximum absolute atomic E-state index is 13.2. The van der Waals surface area contributed by atoms with Gasteiger partial charge in [0.1, 0.15) is 11.4 Å². The predicted molar refractivity (Wildman–Crippen MR) is 107 cm³/mol. The van der Waals surface area contributed by atoms with Crippen LogP contribution in [0.15, 0.2) is 29.3 Å². The standard InChI is InChI=1S/C21H28N4O3/c1-14-6-4-5-7-18(14)22-20(27)24-12-16-8-9-21(17(16)13-24)19(26)25(10-11-28-3)15(2)23-21/h4-7,16-17H,8-13H2,1-3H3,(H,22,27)/t16-,17+,21-/m1/s1. The first-order valence-electron chi connectivity index (χ1n) is 9.95. The summed E-state index contributed by atoms with van der Waals surface area (Å²) in [6, 6.07) is 7.66. The Morgan fingerprint density at radius 1 is 1.32 bits per heavy atom. The van der Waals surface area contributed by atoms with Crippen molar-refractivity contribution in [2.75, 3.05) is 38.7 Å². The molecule has 2 heterocycles. The summed E-state index contributed by atoms with van der Waals surface area (Å²) in [5.74, 6) is 1.26. The minimum absolute atomic E-state index is 0.0794. The second kappa shape index (κ2) is 7.20. The number of amidine groups is 1. The Kier molecular flexibility index (Phi) is 4.87. The molecule has 2 aliphatic heterocycles. The van der Waals surface area contributed by atoms with Crippen LogP contribution in [0.1, 0.15) is 25.3 Å². The van der Waals surface area contributed by atoms with E-state index in [0.29, 0.717) is 32.2 Å². The monoisotopic (exact) mass is 384 g/mol. The van der Waals surface area contributed by atoms with Crippen molar-refractivity contribution in [3.8, 4) is 0 Å². The number of fused-ring (bicyclic) bond motifs is 2. The summed E-state index contributed by atoms with van der Waals surface area (Å²) in [6.45, 7) is 6.15. The van der Waals surface area contributed by atoms with Crippen LogP contribution >= 0.6 is 0 Å². The van der Waals surface area contributed by atoms with E-state index in [-0.39, 0.29) is 17.9 Å². The summed E-state index contributed by atoms with van der Waals surface area (Å²) < 4.78 is 5.14. The highest BCUT2D eigenvalue weighted by Gasteiger charge is 2.61. The number of aliphatic imine (C=N–C) groups is 1. The topological polar surface area (TPSA) is 74.2 Å². The smallest absolute Gasteiger partial charge is 0.321 e. The van der Waals surface area contributed by atoms with Crippen LogP contribution in [0, 0.1) is 18.8 Å². The molecule has 3 atom stereocenters. The maximum atomic E-state index is 13.2. The van der Waals surface area contributed by atoms with Crippen molar-refractivity contribution in [3.63, 3.8) is 0 Å². The lowest BCUT2D eigenvalue weighted by Crippen LogP contribution is -2.47. The zero-order valence-electron chi connectivity index (χ0n) is 16.8. The van der Waals surface area contributed by atoms with Crippen LogP contribution in [0.3, 0.4) is 0 Å². The third-order valence-corrected chi connectivity index (χ3v) is 6.51. The van der Waals surface area contributed by atoms with Gasteiger partial charge in [0, 0.05) is 31.8 Å². The van der Waals surface area contributed by atoms with E-state index in [1.54, 1.807) is 12.0 Å². The number of para-hydroxylation sites is 1. The summed E-state index contributed by atoms with van der Waals surface area (Å²) >= 11 is 0. The number of nitrogens with zero attached hydrogens (tertiary/aromatic N) is 3. The van der Waals surface area contributed by atoms with Crippen molar-refractivity contribution in [1.29, 1.82) is 0 Å². The maximum Gasteiger partial charge on any atom is 0.321 e. The van der Waals surface area contributed by atoms with Gasteiger partial charge in [0.2, 0.25) is 0 Å². The third kappa shape index (κ3) is 2.98. The Hall–Kier alpha value is -2.41. The van der Waals surface area contributed by atoms with Gasteiger partial charge in [0.15, 0.2) is 0 Å². The van der Waals surface area contributed by atoms with Crippen LogP contribution in [0.4, 0.5) is 10.5 Å². The van der Waals surface area contributed by atoms with E-state index >= 15 is 0 Å². The van der Waals surface area contributed by atoms with Gasteiger partial charge in [-0.15, -0.1) is 0 Å². The van der Waals surface area contributed by atoms with Gasteiger partial charge in [0.25, 0.3) is 5.91 Å². The quantitative estimate of drug-likeness (QED) is 0.867. The van der Waals surface area contributed by atoms with Gasteiger partial charge in [-0.25, -0.2) is 4.79 Å². The van der Waals surface area contributed by atoms with E-state index in [4.69, 9.17) is 9.73 Å². The molecule has 0 aromatic heterocycles. The molecule has 1 aromatic rings. The van der Waals surface area contributed by atoms with Crippen LogP contribution in [-0.2, 0) is 9.53 Å². The normalized spacial score (nSPS) is 28.8. The lowest BCUT2D eigenvalue weighted by molar-refractivity contribution is -0.132. The SMILES string of the molecule is COCCN1C(=O)[C@]2(CC[C@@H]3CN(C(=O)Nc4ccccc4C)C[C@@H]32)N=C1C. The molecule has 1 N–H and O–H groups in total. The van der Waals surface area contributed by atoms with Gasteiger partial charge >= 0.3 is 6.03 Å². The Bertz CT molecular complexity index is 824. The number of nitrogens with one attached hydrogen (secondary N) is 1. The van der Waals surface area contributed by atoms with Gasteiger partial charge in [-0.2, -0.15) is 0 Å². The number of hydrogen-bond acceptors (Lipinski definition) is 4. The summed E-state index contributed by atoms with van der Waals surface area (Å²) in [4.78, 5) is 34.5. The fourth-order valence-electron chi connectivity index (χ4n) is 5.00. The van der Waals surface area contributed by atoms with Gasteiger partial charge in [-0.1, -0.05) is 18.2 Å². The van der Waals surface area contributed by atoms with Crippen molar-refractivity contribution < 1.29 is 14.3 Å². The molecule has 7 nitrogen and oxygen atoms in total. The van der Waals surface area contributed by atoms with E-state index in [1.165, 1.54) is 0 Å². The Morgan fingerprint density at radius 2 is 2.11 bits per heavy atom. The fraction of sp³-hybridized carbons (Fsp3) is 0.571. The summed E-state index contributed by atoms with van der Waals surface area (Å²) in [6.07, 6.45) is 1.70. The molecule has 1 spiro atoms. The molecule has 0 unspecified atom stereocenters. The van der Waals surface area contributed by atoms with Crippen molar-refractivity contribution >= 4 is 23.5 Å². The van der Waals surface area contributed by atoms with E-state index in [1.807, 2.05) is 43.0 Å². The Balaban J connectivity index is 1.48. The molecule has 1 saturated heterocycles. The third-order valence-electron chi connectivity index (χ3n) is 6.51. The van der Waals surface area contributed by atoms with Crippen LogP contribution in [0.5, 0.6) is 0 Å². The predicted octanol–water partition coefficient (Wildman–Crippen LogP) is 2.51. The molecule has 28 heavy (non-hydrogen) atoms. The lowest BCUT2D eigenvalue weighted by atomic mass is 9.85. The minimum Gasteiger partial charge on any atom is -0.383 e. The highest BCUT2D eigenvalue weighted by molar-refractivity contribution is 6.08. The van der Waals surface area contributed by atoms with Crippen molar-refractivity contribution in [2.45, 2.75) is 32.2 Å². The second-order valence-corrected chi connectivity index (χ2v) is 8.09. The van der Waals surface area contributed by atoms with Crippen LogP contribution in [0.2, 0.25) is 0 Å². The molecule has 3 aliphatic rings. The van der Waals surface area contributed by atoms with E-state index < -0.39 is 5.54 Å². The Labute approximate surface area is 165 Å². The van der Waals surface area contributed by atoms with Gasteiger partial charge in [-0.05, 0) is 44.2 Å². The fourth-order valence-corrected chi connectivity index (χ4v) is 5.00. The first-order valence-corrected chi connectivity index (χ1v) is 9.95. The molecule has 1 saturated carbocycles. The number of carbonyl (C=O) groups is 2. The average Bonchev–Trinajstić information content (AvgIpc) is 3.31. The molecule has 7 heteroatoms. The van der Waals surface area contributed by atoms with E-state index in [9.17, 15) is 9.59 Å². The number of likely N-dealkylation sites (tertiary alicyclic amines) is 1. The van der Waals surface area contributed by atoms with Crippen LogP contribution < -0.4 is 5.32 Å². The zero-order chi connectivity index (χ0) is 19.9. The first kappa shape index (κ1) is 18.9. The Morgan fingerprint density at radius 3 is 2.86 bits per heavy atom. The molecule has 0 bridgehead atoms. The highest BCUT2D eigenvalue weighted by atomic mass is 16.5. The summed E-state index contributed by atoms with van der Waals surface area (Å²) in [5, 5.41) is 3.02. The van der Waals surface area contributed by atoms with Gasteiger partial charge < -0.3 is 15.0 Å². The van der Waals surface area contributed by atoms with Crippen molar-refractivity contribution in [1.82, 2.24) is 9.80 Å². The number of benzene rings is 1. The zero-order valence-corrected chi connectivity index (χ0v) is 16.8. The number of urea groups is 1. The molecule has 1 aliphatic carbocycles. The largest absolute Gasteiger partial charge is 0.383 e. The molecule has 150 valence electrons. The molecular weight excluding hydrogens is 356 g/mol. The number of anilines is 1. The number of amides is 3. The van der Waals surface area contributed by atoms with Crippen LogP contribution in [-0.4, -0.2) is 66.5 Å². The number of ether oxygens (including phenoxy) is 1. The van der Waals surface area contributed by atoms with E-state index in [2.05, 4.69) is 5.32 Å². The molecule has 1 aromatic carbocycles. The highest BCUT2D eigenvalue weighted by Crippen LogP contribution is 2.50. The van der Waals surface area contributed by atoms with E-state index in [0.717, 1.165) is 29.9 Å². The molecule has 0 radical (unpaired) electrons. The number of methoxy groups -OCH3 is 1. The number of hydrogen-bond donors (Lipinski definition) is 1. The second-order valence-electron chi connectivity index (χ2n) is 8.09. The van der Waals surface area contributed by atoms with Gasteiger partial charge in [0.05, 0.1) is 13.2 Å². The summed E-state index contributed by atoms with van der Waals surface area (Å²) in [5.41, 5.74) is 1.17. The van der Waals surface area contributed by atoms with Crippen molar-refractivity contribution in [2.24, 2.45) is 16.8 Å². The van der Waals surface area contributed by atoms with Gasteiger partial charge in [-0.3, -0.25) is 14.7 Å².